The molecule has 2 unspecified atom stereocenters. The molecule has 0 fully saturated rings. The summed E-state index contributed by atoms with van der Waals surface area (Å²) in [4.78, 5) is 32.2. The summed E-state index contributed by atoms with van der Waals surface area (Å²) in [6.07, 6.45) is 1.71. The molecule has 3 aromatic rings. The first kappa shape index (κ1) is 28.0. The van der Waals surface area contributed by atoms with E-state index in [0.717, 1.165) is 24.0 Å². The number of fused-ring (bicyclic) bond motifs is 1. The Morgan fingerprint density at radius 2 is 2.00 bits per heavy atom. The minimum atomic E-state index is -0.231. The van der Waals surface area contributed by atoms with Crippen LogP contribution in [0.25, 0.3) is 0 Å². The van der Waals surface area contributed by atoms with Crippen molar-refractivity contribution >= 4 is 34.8 Å². The molecule has 1 aromatic heterocycles. The zero-order chi connectivity index (χ0) is 27.2. The molecule has 0 aliphatic carbocycles. The average Bonchev–Trinajstić information content (AvgIpc) is 3.41. The molecule has 2 amide bonds. The molecule has 2 atom stereocenters. The number of thiophene rings is 1. The first-order chi connectivity index (χ1) is 18.3. The quantitative estimate of drug-likeness (QED) is 0.290. The normalized spacial score (nSPS) is 15.5. The van der Waals surface area contributed by atoms with Gasteiger partial charge in [0.05, 0.1) is 13.2 Å². The molecule has 2 aromatic carbocycles. The first-order valence-corrected chi connectivity index (χ1v) is 14.2. The van der Waals surface area contributed by atoms with Crippen LogP contribution in [0.5, 0.6) is 11.5 Å². The van der Waals surface area contributed by atoms with Gasteiger partial charge in [0.1, 0.15) is 24.7 Å². The number of ether oxygens (including phenoxy) is 2. The average molecular weight is 555 g/mol. The molecule has 2 heterocycles. The summed E-state index contributed by atoms with van der Waals surface area (Å²) in [6.45, 7) is 7.55. The van der Waals surface area contributed by atoms with E-state index in [1.54, 1.807) is 47.6 Å². The molecule has 8 heteroatoms. The van der Waals surface area contributed by atoms with Crippen molar-refractivity contribution in [3.05, 3.63) is 80.5 Å². The van der Waals surface area contributed by atoms with E-state index in [0.29, 0.717) is 41.8 Å². The third kappa shape index (κ3) is 6.51. The summed E-state index contributed by atoms with van der Waals surface area (Å²) in [5.41, 5.74) is 2.57. The van der Waals surface area contributed by atoms with Crippen LogP contribution in [0.1, 0.15) is 52.7 Å². The van der Waals surface area contributed by atoms with Crippen LogP contribution in [0.3, 0.4) is 0 Å². The highest BCUT2D eigenvalue weighted by molar-refractivity contribution is 7.10. The van der Waals surface area contributed by atoms with Crippen molar-refractivity contribution in [1.29, 1.82) is 0 Å². The fourth-order valence-corrected chi connectivity index (χ4v) is 5.72. The largest absolute Gasteiger partial charge is 0.497 e. The molecule has 4 rings (SSSR count). The maximum absolute atomic E-state index is 13.8. The molecular weight excluding hydrogens is 520 g/mol. The van der Waals surface area contributed by atoms with E-state index in [4.69, 9.17) is 21.1 Å². The highest BCUT2D eigenvalue weighted by atomic mass is 35.5. The summed E-state index contributed by atoms with van der Waals surface area (Å²) < 4.78 is 11.5. The highest BCUT2D eigenvalue weighted by Gasteiger charge is 2.34. The molecule has 202 valence electrons. The smallest absolute Gasteiger partial charge is 0.254 e. The molecule has 0 radical (unpaired) electrons. The Hall–Kier alpha value is -3.03. The van der Waals surface area contributed by atoms with E-state index in [1.165, 1.54) is 4.88 Å². The Balaban J connectivity index is 1.55. The summed E-state index contributed by atoms with van der Waals surface area (Å²) in [6, 6.07) is 14.5. The number of carbonyl (C=O) groups excluding carboxylic acids is 2. The van der Waals surface area contributed by atoms with Crippen LogP contribution in [0.2, 0.25) is 5.02 Å². The Labute approximate surface area is 234 Å². The lowest BCUT2D eigenvalue weighted by molar-refractivity contribution is -0.135. The van der Waals surface area contributed by atoms with Crippen molar-refractivity contribution < 1.29 is 19.1 Å². The molecule has 0 N–H and O–H groups in total. The van der Waals surface area contributed by atoms with Crippen LogP contribution in [0.15, 0.2) is 53.9 Å². The predicted octanol–water partition coefficient (Wildman–Crippen LogP) is 6.41. The molecule has 0 saturated carbocycles. The minimum Gasteiger partial charge on any atom is -0.497 e. The van der Waals surface area contributed by atoms with Crippen LogP contribution in [0, 0.1) is 12.8 Å². The van der Waals surface area contributed by atoms with Crippen molar-refractivity contribution in [2.75, 3.05) is 33.4 Å². The second-order valence-electron chi connectivity index (χ2n) is 9.81. The zero-order valence-corrected chi connectivity index (χ0v) is 24.0. The summed E-state index contributed by atoms with van der Waals surface area (Å²) in [5.74, 6) is 1.33. The summed E-state index contributed by atoms with van der Waals surface area (Å²) >= 11 is 7.89. The fourth-order valence-electron chi connectivity index (χ4n) is 4.67. The lowest BCUT2D eigenvalue weighted by Gasteiger charge is -2.37. The third-order valence-electron chi connectivity index (χ3n) is 7.11. The number of hydrogen-bond acceptors (Lipinski definition) is 5. The summed E-state index contributed by atoms with van der Waals surface area (Å²) in [7, 11) is 1.58. The van der Waals surface area contributed by atoms with Crippen molar-refractivity contribution in [2.45, 2.75) is 39.7 Å². The predicted molar refractivity (Wildman–Crippen MR) is 153 cm³/mol. The molecule has 38 heavy (non-hydrogen) atoms. The molecule has 0 saturated heterocycles. The Kier molecular flexibility index (Phi) is 9.34. The second kappa shape index (κ2) is 12.7. The monoisotopic (exact) mass is 554 g/mol. The molecule has 0 spiro atoms. The first-order valence-electron chi connectivity index (χ1n) is 13.0. The maximum atomic E-state index is 13.8. The van der Waals surface area contributed by atoms with E-state index in [9.17, 15) is 9.59 Å². The number of halogens is 1. The SMILES string of the molecule is CCC(C)CN(CC(=O)N1CCc2sccc2C1COc1ccc(Cl)c(C)c1)C(=O)c1cccc(OC)c1. The van der Waals surface area contributed by atoms with Gasteiger partial charge in [0, 0.05) is 28.6 Å². The Morgan fingerprint density at radius 1 is 1.18 bits per heavy atom. The van der Waals surface area contributed by atoms with Crippen molar-refractivity contribution in [3.63, 3.8) is 0 Å². The van der Waals surface area contributed by atoms with Crippen LogP contribution in [0.4, 0.5) is 0 Å². The van der Waals surface area contributed by atoms with Gasteiger partial charge in [-0.1, -0.05) is 37.9 Å². The van der Waals surface area contributed by atoms with Crippen molar-refractivity contribution in [3.8, 4) is 11.5 Å². The third-order valence-corrected chi connectivity index (χ3v) is 8.53. The Bertz CT molecular complexity index is 1280. The lowest BCUT2D eigenvalue weighted by Crippen LogP contribution is -2.48. The molecule has 0 bridgehead atoms. The maximum Gasteiger partial charge on any atom is 0.254 e. The standard InChI is InChI=1S/C30H35ClN2O4S/c1-5-20(2)17-32(30(35)22-7-6-8-23(16-22)36-4)18-29(34)33-13-11-28-25(12-14-38-28)27(33)19-37-24-9-10-26(31)21(3)15-24/h6-10,12,14-16,20,27H,5,11,13,17-19H2,1-4H3. The van der Waals surface area contributed by atoms with Gasteiger partial charge in [0.25, 0.3) is 5.91 Å². The number of methoxy groups -OCH3 is 1. The van der Waals surface area contributed by atoms with Gasteiger partial charge >= 0.3 is 0 Å². The van der Waals surface area contributed by atoms with Crippen LogP contribution < -0.4 is 9.47 Å². The van der Waals surface area contributed by atoms with Gasteiger partial charge in [-0.25, -0.2) is 0 Å². The zero-order valence-electron chi connectivity index (χ0n) is 22.4. The van der Waals surface area contributed by atoms with Gasteiger partial charge < -0.3 is 19.3 Å². The number of carbonyl (C=O) groups is 2. The van der Waals surface area contributed by atoms with Gasteiger partial charge in [0.15, 0.2) is 0 Å². The highest BCUT2D eigenvalue weighted by Crippen LogP contribution is 2.34. The van der Waals surface area contributed by atoms with Crippen LogP contribution >= 0.6 is 22.9 Å². The van der Waals surface area contributed by atoms with E-state index in [1.807, 2.05) is 30.0 Å². The molecule has 6 nitrogen and oxygen atoms in total. The Morgan fingerprint density at radius 3 is 2.74 bits per heavy atom. The van der Waals surface area contributed by atoms with Crippen molar-refractivity contribution in [1.82, 2.24) is 9.80 Å². The van der Waals surface area contributed by atoms with Gasteiger partial charge in [0.2, 0.25) is 5.91 Å². The number of nitrogens with zero attached hydrogens (tertiary/aromatic N) is 2. The number of amides is 2. The number of benzene rings is 2. The second-order valence-corrected chi connectivity index (χ2v) is 11.2. The minimum absolute atomic E-state index is 0.0103. The van der Waals surface area contributed by atoms with Gasteiger partial charge in [-0.2, -0.15) is 0 Å². The van der Waals surface area contributed by atoms with Gasteiger partial charge in [-0.15, -0.1) is 11.3 Å². The topological polar surface area (TPSA) is 59.1 Å². The van der Waals surface area contributed by atoms with E-state index in [-0.39, 0.29) is 30.3 Å². The molecule has 1 aliphatic rings. The number of aryl methyl sites for hydroxylation is 1. The number of hydrogen-bond donors (Lipinski definition) is 0. The van der Waals surface area contributed by atoms with E-state index in [2.05, 4.69) is 25.3 Å². The van der Waals surface area contributed by atoms with Crippen molar-refractivity contribution in [2.24, 2.45) is 5.92 Å². The van der Waals surface area contributed by atoms with Crippen LogP contribution in [-0.2, 0) is 11.2 Å². The summed E-state index contributed by atoms with van der Waals surface area (Å²) in [5, 5.41) is 2.76. The molecule has 1 aliphatic heterocycles. The fraction of sp³-hybridized carbons (Fsp3) is 0.400. The number of rotatable bonds is 10. The van der Waals surface area contributed by atoms with E-state index >= 15 is 0 Å². The lowest BCUT2D eigenvalue weighted by atomic mass is 10.00. The van der Waals surface area contributed by atoms with Gasteiger partial charge in [-0.3, -0.25) is 9.59 Å². The van der Waals surface area contributed by atoms with Gasteiger partial charge in [-0.05, 0) is 78.2 Å². The van der Waals surface area contributed by atoms with E-state index < -0.39 is 0 Å². The van der Waals surface area contributed by atoms with Crippen LogP contribution in [-0.4, -0.2) is 55.0 Å². The molecular formula is C30H35ClN2O4S.